The van der Waals surface area contributed by atoms with E-state index in [1.165, 1.54) is 5.56 Å². The number of rotatable bonds is 2. The second kappa shape index (κ2) is 5.13. The van der Waals surface area contributed by atoms with Crippen molar-refractivity contribution in [2.75, 3.05) is 20.1 Å². The molecule has 4 heteroatoms. The van der Waals surface area contributed by atoms with Crippen LogP contribution in [0.1, 0.15) is 30.2 Å². The Morgan fingerprint density at radius 2 is 1.79 bits per heavy atom. The summed E-state index contributed by atoms with van der Waals surface area (Å²) in [4.78, 5) is 2.34. The van der Waals surface area contributed by atoms with E-state index in [2.05, 4.69) is 41.2 Å². The van der Waals surface area contributed by atoms with E-state index < -0.39 is 0 Å². The lowest BCUT2D eigenvalue weighted by Gasteiger charge is -2.26. The molecule has 0 saturated carbocycles. The number of likely N-dealkylation sites (tertiary alicyclic amines) is 1. The fourth-order valence-electron chi connectivity index (χ4n) is 2.47. The van der Waals surface area contributed by atoms with Gasteiger partial charge in [0, 0.05) is 11.5 Å². The molecule has 100 valence electrons. The largest absolute Gasteiger partial charge is 0.420 e. The van der Waals surface area contributed by atoms with Gasteiger partial charge >= 0.3 is 0 Å². The number of piperidine rings is 1. The first-order chi connectivity index (χ1) is 9.22. The first-order valence-electron chi connectivity index (χ1n) is 6.81. The number of nitrogens with zero attached hydrogens (tertiary/aromatic N) is 3. The van der Waals surface area contributed by atoms with Crippen molar-refractivity contribution in [3.8, 4) is 11.5 Å². The second-order valence-electron chi connectivity index (χ2n) is 5.39. The Kier molecular flexibility index (Phi) is 3.34. The molecule has 4 nitrogen and oxygen atoms in total. The van der Waals surface area contributed by atoms with E-state index in [0.717, 1.165) is 37.4 Å². The van der Waals surface area contributed by atoms with Crippen molar-refractivity contribution in [3.63, 3.8) is 0 Å². The van der Waals surface area contributed by atoms with Gasteiger partial charge in [0.25, 0.3) is 0 Å². The minimum Gasteiger partial charge on any atom is -0.420 e. The zero-order chi connectivity index (χ0) is 13.2. The van der Waals surface area contributed by atoms with Gasteiger partial charge in [-0.05, 0) is 52.0 Å². The lowest BCUT2D eigenvalue weighted by molar-refractivity contribution is 0.237. The molecule has 0 spiro atoms. The van der Waals surface area contributed by atoms with Gasteiger partial charge in [0.1, 0.15) is 0 Å². The zero-order valence-electron chi connectivity index (χ0n) is 11.5. The van der Waals surface area contributed by atoms with Crippen molar-refractivity contribution in [3.05, 3.63) is 35.7 Å². The molecule has 1 aromatic carbocycles. The third-order valence-corrected chi connectivity index (χ3v) is 3.81. The third kappa shape index (κ3) is 2.68. The molecule has 0 N–H and O–H groups in total. The highest BCUT2D eigenvalue weighted by Gasteiger charge is 2.23. The van der Waals surface area contributed by atoms with Gasteiger partial charge in [0.15, 0.2) is 0 Å². The van der Waals surface area contributed by atoms with Crippen LogP contribution in [0.5, 0.6) is 0 Å². The normalized spacial score (nSPS) is 17.8. The first kappa shape index (κ1) is 12.4. The fourth-order valence-corrected chi connectivity index (χ4v) is 2.47. The summed E-state index contributed by atoms with van der Waals surface area (Å²) in [6, 6.07) is 8.19. The molecule has 0 atom stereocenters. The van der Waals surface area contributed by atoms with E-state index in [1.807, 2.05) is 12.1 Å². The van der Waals surface area contributed by atoms with Gasteiger partial charge in [-0.1, -0.05) is 17.7 Å². The van der Waals surface area contributed by atoms with Gasteiger partial charge in [-0.2, -0.15) is 0 Å². The highest BCUT2D eigenvalue weighted by atomic mass is 16.4. The minimum atomic E-state index is 0.419. The second-order valence-corrected chi connectivity index (χ2v) is 5.39. The molecule has 1 aromatic heterocycles. The molecule has 2 aromatic rings. The molecule has 0 radical (unpaired) electrons. The van der Waals surface area contributed by atoms with Crippen molar-refractivity contribution < 1.29 is 4.42 Å². The van der Waals surface area contributed by atoms with Gasteiger partial charge in [0.2, 0.25) is 11.8 Å². The topological polar surface area (TPSA) is 42.2 Å². The maximum absolute atomic E-state index is 5.84. The smallest absolute Gasteiger partial charge is 0.247 e. The minimum absolute atomic E-state index is 0.419. The summed E-state index contributed by atoms with van der Waals surface area (Å²) in [6.07, 6.45) is 2.21. The fraction of sp³-hybridized carbons (Fsp3) is 0.467. The molecule has 1 saturated heterocycles. The average molecular weight is 257 g/mol. The SMILES string of the molecule is Cc1ccc(-c2nnc(C3CCN(C)CC3)o2)cc1. The van der Waals surface area contributed by atoms with Gasteiger partial charge in [-0.3, -0.25) is 0 Å². The summed E-state index contributed by atoms with van der Waals surface area (Å²) in [5.41, 5.74) is 2.23. The van der Waals surface area contributed by atoms with Crippen LogP contribution in [0, 0.1) is 6.92 Å². The van der Waals surface area contributed by atoms with Crippen molar-refractivity contribution in [1.82, 2.24) is 15.1 Å². The van der Waals surface area contributed by atoms with Crippen LogP contribution in [0.2, 0.25) is 0 Å². The predicted octanol–water partition coefficient (Wildman–Crippen LogP) is 2.85. The van der Waals surface area contributed by atoms with E-state index in [1.54, 1.807) is 0 Å². The maximum atomic E-state index is 5.84. The van der Waals surface area contributed by atoms with E-state index in [4.69, 9.17) is 4.42 Å². The van der Waals surface area contributed by atoms with E-state index >= 15 is 0 Å². The number of benzene rings is 1. The molecule has 19 heavy (non-hydrogen) atoms. The van der Waals surface area contributed by atoms with Gasteiger partial charge in [-0.15, -0.1) is 10.2 Å². The number of hydrogen-bond acceptors (Lipinski definition) is 4. The summed E-state index contributed by atoms with van der Waals surface area (Å²) >= 11 is 0. The number of hydrogen-bond donors (Lipinski definition) is 0. The van der Waals surface area contributed by atoms with Crippen LogP contribution in [-0.4, -0.2) is 35.2 Å². The highest BCUT2D eigenvalue weighted by molar-refractivity contribution is 5.52. The van der Waals surface area contributed by atoms with E-state index in [-0.39, 0.29) is 0 Å². The molecule has 1 aliphatic heterocycles. The molecule has 3 rings (SSSR count). The molecule has 0 amide bonds. The van der Waals surface area contributed by atoms with Gasteiger partial charge < -0.3 is 9.32 Å². The van der Waals surface area contributed by atoms with Crippen LogP contribution in [0.15, 0.2) is 28.7 Å². The Morgan fingerprint density at radius 1 is 1.11 bits per heavy atom. The number of aryl methyl sites for hydroxylation is 1. The van der Waals surface area contributed by atoms with Gasteiger partial charge in [0.05, 0.1) is 0 Å². The van der Waals surface area contributed by atoms with Crippen LogP contribution in [0.4, 0.5) is 0 Å². The van der Waals surface area contributed by atoms with Crippen molar-refractivity contribution in [2.24, 2.45) is 0 Å². The van der Waals surface area contributed by atoms with Crippen LogP contribution in [0.3, 0.4) is 0 Å². The van der Waals surface area contributed by atoms with Crippen LogP contribution >= 0.6 is 0 Å². The Morgan fingerprint density at radius 3 is 2.47 bits per heavy atom. The average Bonchev–Trinajstić information content (AvgIpc) is 2.90. The van der Waals surface area contributed by atoms with Crippen LogP contribution in [-0.2, 0) is 0 Å². The molecular formula is C15H19N3O. The molecule has 0 unspecified atom stereocenters. The van der Waals surface area contributed by atoms with Crippen LogP contribution in [0.25, 0.3) is 11.5 Å². The maximum Gasteiger partial charge on any atom is 0.247 e. The Bertz CT molecular complexity index is 539. The lowest BCUT2D eigenvalue weighted by atomic mass is 9.97. The Hall–Kier alpha value is -1.68. The Balaban J connectivity index is 1.77. The zero-order valence-corrected chi connectivity index (χ0v) is 11.5. The number of aromatic nitrogens is 2. The molecule has 1 aliphatic rings. The first-order valence-corrected chi connectivity index (χ1v) is 6.81. The quantitative estimate of drug-likeness (QED) is 0.829. The van der Waals surface area contributed by atoms with Crippen molar-refractivity contribution in [2.45, 2.75) is 25.7 Å². The van der Waals surface area contributed by atoms with E-state index in [0.29, 0.717) is 11.8 Å². The monoisotopic (exact) mass is 257 g/mol. The molecule has 0 aliphatic carbocycles. The van der Waals surface area contributed by atoms with Crippen LogP contribution < -0.4 is 0 Å². The van der Waals surface area contributed by atoms with E-state index in [9.17, 15) is 0 Å². The highest BCUT2D eigenvalue weighted by Crippen LogP contribution is 2.28. The molecule has 0 bridgehead atoms. The molecule has 1 fully saturated rings. The Labute approximate surface area is 113 Å². The predicted molar refractivity (Wildman–Crippen MR) is 73.9 cm³/mol. The summed E-state index contributed by atoms with van der Waals surface area (Å²) < 4.78 is 5.84. The summed E-state index contributed by atoms with van der Waals surface area (Å²) in [6.45, 7) is 4.28. The van der Waals surface area contributed by atoms with Crippen molar-refractivity contribution in [1.29, 1.82) is 0 Å². The van der Waals surface area contributed by atoms with Crippen molar-refractivity contribution >= 4 is 0 Å². The summed E-state index contributed by atoms with van der Waals surface area (Å²) in [5.74, 6) is 1.85. The molecule has 2 heterocycles. The molecular weight excluding hydrogens is 238 g/mol. The summed E-state index contributed by atoms with van der Waals surface area (Å²) in [5, 5.41) is 8.41. The third-order valence-electron chi connectivity index (χ3n) is 3.81. The lowest BCUT2D eigenvalue weighted by Crippen LogP contribution is -2.29. The summed E-state index contributed by atoms with van der Waals surface area (Å²) in [7, 11) is 2.15. The standard InChI is InChI=1S/C15H19N3O/c1-11-3-5-12(6-4-11)14-16-17-15(19-14)13-7-9-18(2)10-8-13/h3-6,13H,7-10H2,1-2H3. The van der Waals surface area contributed by atoms with Gasteiger partial charge in [-0.25, -0.2) is 0 Å².